The van der Waals surface area contributed by atoms with Crippen molar-refractivity contribution in [2.75, 3.05) is 13.2 Å². The summed E-state index contributed by atoms with van der Waals surface area (Å²) in [6.07, 6.45) is 13.3. The maximum absolute atomic E-state index is 13.3. The van der Waals surface area contributed by atoms with Crippen molar-refractivity contribution >= 4 is 28.1 Å². The van der Waals surface area contributed by atoms with Crippen LogP contribution in [0.25, 0.3) is 0 Å². The summed E-state index contributed by atoms with van der Waals surface area (Å²) in [5, 5.41) is 11.6. The number of carbonyl (C=O) groups excluding carboxylic acids is 1. The minimum atomic E-state index is -2.05. The Balaban J connectivity index is 1.55. The standard InChI is InChI=1S/C31H41ClN2O4S/c1-20-6-5-8-29(35)27-13-10-25(27)19-34-18-24-9-12-26(32)16-22(24)7-3-4-15-38-30-14-11-23(17-28(30)34)31(36)33-39(37)21(20)2/h5,8-9,11-12,14,16,20-21,25,27-29,35,39H,3-4,6-7,10,13,15,17-19H2,1-2H3/b8-5+/t20-,21+,25-,27+,28?,29-/m0/s1. The number of ether oxygens (including phenoxy) is 1. The van der Waals surface area contributed by atoms with Gasteiger partial charge in [0.05, 0.1) is 18.8 Å². The van der Waals surface area contributed by atoms with Gasteiger partial charge >= 0.3 is 0 Å². The van der Waals surface area contributed by atoms with Gasteiger partial charge in [0.2, 0.25) is 0 Å². The van der Waals surface area contributed by atoms with Crippen molar-refractivity contribution in [3.8, 4) is 0 Å². The van der Waals surface area contributed by atoms with Crippen molar-refractivity contribution in [1.29, 1.82) is 0 Å². The summed E-state index contributed by atoms with van der Waals surface area (Å²) in [5.41, 5.74) is 3.07. The molecule has 6 nitrogen and oxygen atoms in total. The number of aliphatic hydroxyl groups is 1. The number of hydrogen-bond donors (Lipinski definition) is 2. The van der Waals surface area contributed by atoms with Gasteiger partial charge in [-0.25, -0.2) is 0 Å². The summed E-state index contributed by atoms with van der Waals surface area (Å²) in [6.45, 7) is 6.04. The van der Waals surface area contributed by atoms with E-state index >= 15 is 0 Å². The maximum Gasteiger partial charge on any atom is 0.280 e. The SMILES string of the molecule is C[C@@H]1[C@@H](C)C/C=C/[C@H](O)[C@@H]2CC[C@H]2CN2Cc3ccc(Cl)cc3CCCCOC3=CC=C(CC32)C(=O)/N=[SH]\1=O. The van der Waals surface area contributed by atoms with Gasteiger partial charge in [-0.15, -0.1) is 0 Å². The van der Waals surface area contributed by atoms with Crippen molar-refractivity contribution in [1.82, 2.24) is 4.90 Å². The molecule has 2 aliphatic carbocycles. The number of amides is 1. The van der Waals surface area contributed by atoms with E-state index in [1.54, 1.807) is 0 Å². The van der Waals surface area contributed by atoms with Crippen LogP contribution in [-0.4, -0.2) is 50.7 Å². The summed E-state index contributed by atoms with van der Waals surface area (Å²) >= 11 is 6.39. The topological polar surface area (TPSA) is 79.2 Å². The molecule has 0 aromatic heterocycles. The second-order valence-corrected chi connectivity index (χ2v) is 13.8. The monoisotopic (exact) mass is 572 g/mol. The second kappa shape index (κ2) is 12.7. The van der Waals surface area contributed by atoms with Crippen LogP contribution in [0.2, 0.25) is 5.02 Å². The van der Waals surface area contributed by atoms with Gasteiger partial charge in [-0.2, -0.15) is 4.36 Å². The molecule has 2 heterocycles. The lowest BCUT2D eigenvalue weighted by Gasteiger charge is -2.44. The van der Waals surface area contributed by atoms with Gasteiger partial charge < -0.3 is 9.84 Å². The normalized spacial score (nSPS) is 35.8. The molecule has 1 aromatic rings. The molecule has 4 aliphatic rings. The van der Waals surface area contributed by atoms with Crippen molar-refractivity contribution in [2.45, 2.75) is 82.7 Å². The van der Waals surface area contributed by atoms with Gasteiger partial charge in [0, 0.05) is 46.0 Å². The Hall–Kier alpha value is -1.93. The van der Waals surface area contributed by atoms with Gasteiger partial charge in [0.1, 0.15) is 5.76 Å². The van der Waals surface area contributed by atoms with Crippen molar-refractivity contribution < 1.29 is 18.8 Å². The zero-order chi connectivity index (χ0) is 27.5. The average Bonchev–Trinajstić information content (AvgIpc) is 2.92. The van der Waals surface area contributed by atoms with E-state index in [9.17, 15) is 14.1 Å². The first-order valence-corrected chi connectivity index (χ1v) is 16.1. The molecule has 1 saturated carbocycles. The van der Waals surface area contributed by atoms with Crippen LogP contribution < -0.4 is 0 Å². The molecule has 2 unspecified atom stereocenters. The summed E-state index contributed by atoms with van der Waals surface area (Å²) in [4.78, 5) is 15.7. The summed E-state index contributed by atoms with van der Waals surface area (Å²) in [6, 6.07) is 6.03. The number of aryl methyl sites for hydroxylation is 1. The van der Waals surface area contributed by atoms with Crippen molar-refractivity contribution in [2.24, 2.45) is 22.1 Å². The predicted octanol–water partition coefficient (Wildman–Crippen LogP) is 5.64. The number of aliphatic hydroxyl groups excluding tert-OH is 1. The van der Waals surface area contributed by atoms with E-state index in [1.807, 2.05) is 44.2 Å². The number of halogens is 1. The number of allylic oxidation sites excluding steroid dienone is 3. The quantitative estimate of drug-likeness (QED) is 0.311. The molecule has 1 fully saturated rings. The molecule has 212 valence electrons. The third-order valence-corrected chi connectivity index (χ3v) is 11.0. The van der Waals surface area contributed by atoms with Crippen molar-refractivity contribution in [3.63, 3.8) is 0 Å². The smallest absolute Gasteiger partial charge is 0.280 e. The Labute approximate surface area is 239 Å². The fraction of sp³-hybridized carbons (Fsp3) is 0.581. The first-order valence-electron chi connectivity index (χ1n) is 14.4. The molecular weight excluding hydrogens is 532 g/mol. The Morgan fingerprint density at radius 3 is 2.79 bits per heavy atom. The lowest BCUT2D eigenvalue weighted by atomic mass is 9.70. The highest BCUT2D eigenvalue weighted by Crippen LogP contribution is 2.40. The van der Waals surface area contributed by atoms with Crippen LogP contribution in [0.5, 0.6) is 0 Å². The number of carbonyl (C=O) groups is 1. The van der Waals surface area contributed by atoms with E-state index in [0.29, 0.717) is 37.5 Å². The minimum Gasteiger partial charge on any atom is -0.496 e. The van der Waals surface area contributed by atoms with Crippen molar-refractivity contribution in [3.05, 3.63) is 70.0 Å². The Morgan fingerprint density at radius 1 is 1.15 bits per heavy atom. The number of benzene rings is 1. The van der Waals surface area contributed by atoms with E-state index in [1.165, 1.54) is 11.1 Å². The highest BCUT2D eigenvalue weighted by Gasteiger charge is 2.39. The van der Waals surface area contributed by atoms with Gasteiger partial charge in [0.25, 0.3) is 5.91 Å². The largest absolute Gasteiger partial charge is 0.496 e. The lowest BCUT2D eigenvalue weighted by molar-refractivity contribution is -0.114. The number of rotatable bonds is 0. The summed E-state index contributed by atoms with van der Waals surface area (Å²) in [5.74, 6) is 1.12. The Kier molecular flexibility index (Phi) is 9.32. The third-order valence-electron chi connectivity index (χ3n) is 9.14. The number of hydrogen-bond acceptors (Lipinski definition) is 5. The molecule has 1 N–H and O–H groups in total. The zero-order valence-corrected chi connectivity index (χ0v) is 24.6. The average molecular weight is 573 g/mol. The zero-order valence-electron chi connectivity index (χ0n) is 23.0. The van der Waals surface area contributed by atoms with E-state index in [4.69, 9.17) is 16.3 Å². The Morgan fingerprint density at radius 2 is 2.00 bits per heavy atom. The molecule has 1 amide bonds. The predicted molar refractivity (Wildman–Crippen MR) is 157 cm³/mol. The van der Waals surface area contributed by atoms with Crippen LogP contribution >= 0.6 is 11.6 Å². The van der Waals surface area contributed by atoms with Crippen LogP contribution in [0.4, 0.5) is 0 Å². The van der Waals surface area contributed by atoms with Crippen LogP contribution in [0, 0.1) is 17.8 Å². The summed E-state index contributed by atoms with van der Waals surface area (Å²) < 4.78 is 23.5. The first kappa shape index (κ1) is 28.6. The molecular formula is C31H41ClN2O4S. The number of thiol groups is 1. The first-order chi connectivity index (χ1) is 18.8. The fourth-order valence-corrected chi connectivity index (χ4v) is 7.44. The maximum atomic E-state index is 13.3. The second-order valence-electron chi connectivity index (χ2n) is 11.7. The van der Waals surface area contributed by atoms with Crippen LogP contribution in [0.1, 0.15) is 63.5 Å². The third kappa shape index (κ3) is 6.70. The van der Waals surface area contributed by atoms with E-state index < -0.39 is 16.7 Å². The molecule has 0 spiro atoms. The van der Waals surface area contributed by atoms with E-state index in [2.05, 4.69) is 21.4 Å². The van der Waals surface area contributed by atoms with Gasteiger partial charge in [-0.3, -0.25) is 13.9 Å². The Bertz CT molecular complexity index is 1250. The fourth-order valence-electron chi connectivity index (χ4n) is 6.20. The van der Waals surface area contributed by atoms with Gasteiger partial charge in [0.15, 0.2) is 0 Å². The van der Waals surface area contributed by atoms with Crippen LogP contribution in [0.3, 0.4) is 0 Å². The molecule has 5 rings (SSSR count). The molecule has 1 aromatic carbocycles. The highest BCUT2D eigenvalue weighted by molar-refractivity contribution is 7.76. The molecule has 2 bridgehead atoms. The highest BCUT2D eigenvalue weighted by atomic mass is 35.5. The number of fused-ring (bicyclic) bond motifs is 3. The lowest BCUT2D eigenvalue weighted by Crippen LogP contribution is -2.47. The van der Waals surface area contributed by atoms with E-state index in [0.717, 1.165) is 49.4 Å². The molecule has 2 aliphatic heterocycles. The number of nitrogens with zero attached hydrogens (tertiary/aromatic N) is 2. The molecule has 0 radical (unpaired) electrons. The molecule has 7 atom stereocenters. The van der Waals surface area contributed by atoms with Crippen LogP contribution in [0.15, 0.2) is 58.2 Å². The van der Waals surface area contributed by atoms with E-state index in [-0.39, 0.29) is 29.0 Å². The molecule has 0 saturated heterocycles. The summed E-state index contributed by atoms with van der Waals surface area (Å²) in [7, 11) is -2.05. The van der Waals surface area contributed by atoms with Gasteiger partial charge in [-0.05, 0) is 98.6 Å². The molecule has 8 heteroatoms. The minimum absolute atomic E-state index is 0.0882. The van der Waals surface area contributed by atoms with Gasteiger partial charge in [-0.1, -0.05) is 36.7 Å². The van der Waals surface area contributed by atoms with Crippen LogP contribution in [-0.2, 0) is 33.1 Å². The molecule has 39 heavy (non-hydrogen) atoms.